The minimum Gasteiger partial charge on any atom is -0.480 e. The molecule has 0 aromatic rings. The monoisotopic (exact) mass is 204 g/mol. The molecule has 0 saturated heterocycles. The zero-order valence-corrected chi connectivity index (χ0v) is 8.41. The molecule has 0 aliphatic heterocycles. The molecule has 0 atom stereocenters. The third-order valence-corrected chi connectivity index (χ3v) is 1.73. The molecule has 6 heteroatoms. The van der Waals surface area contributed by atoms with Crippen LogP contribution in [-0.4, -0.2) is 61.8 Å². The van der Waals surface area contributed by atoms with Crippen molar-refractivity contribution in [3.8, 4) is 0 Å². The van der Waals surface area contributed by atoms with Gasteiger partial charge in [0.2, 0.25) is 0 Å². The number of carboxylic acid groups (broad SMARTS) is 1. The van der Waals surface area contributed by atoms with Crippen LogP contribution < -0.4 is 16.8 Å². The van der Waals surface area contributed by atoms with Gasteiger partial charge in [-0.15, -0.1) is 0 Å². The molecule has 0 spiro atoms. The summed E-state index contributed by atoms with van der Waals surface area (Å²) in [6.45, 7) is 3.90. The molecular formula is C8H20N4O2. The van der Waals surface area contributed by atoms with E-state index in [1.807, 2.05) is 0 Å². The summed E-state index contributed by atoms with van der Waals surface area (Å²) in [4.78, 5) is 12.2. The summed E-state index contributed by atoms with van der Waals surface area (Å²) < 4.78 is 0. The van der Waals surface area contributed by atoms with E-state index in [0.29, 0.717) is 26.2 Å². The van der Waals surface area contributed by atoms with Crippen LogP contribution >= 0.6 is 0 Å². The number of aliphatic carboxylic acids is 1. The number of carboxylic acids is 1. The van der Waals surface area contributed by atoms with Gasteiger partial charge in [0.1, 0.15) is 0 Å². The van der Waals surface area contributed by atoms with Crippen LogP contribution in [0.25, 0.3) is 0 Å². The highest BCUT2D eigenvalue weighted by atomic mass is 16.4. The van der Waals surface area contributed by atoms with Crippen molar-refractivity contribution in [2.24, 2.45) is 11.5 Å². The van der Waals surface area contributed by atoms with Crippen molar-refractivity contribution in [2.75, 3.05) is 45.8 Å². The quantitative estimate of drug-likeness (QED) is 0.320. The average molecular weight is 204 g/mol. The van der Waals surface area contributed by atoms with E-state index >= 15 is 0 Å². The van der Waals surface area contributed by atoms with Crippen LogP contribution in [0.3, 0.4) is 0 Å². The second-order valence-corrected chi connectivity index (χ2v) is 3.00. The summed E-state index contributed by atoms with van der Waals surface area (Å²) in [6.07, 6.45) is 0. The van der Waals surface area contributed by atoms with Gasteiger partial charge in [0.15, 0.2) is 0 Å². The number of nitrogens with one attached hydrogen (secondary N) is 1. The smallest absolute Gasteiger partial charge is 0.317 e. The van der Waals surface area contributed by atoms with E-state index in [9.17, 15) is 4.79 Å². The van der Waals surface area contributed by atoms with Gasteiger partial charge in [-0.05, 0) is 0 Å². The fourth-order valence-corrected chi connectivity index (χ4v) is 1.11. The largest absolute Gasteiger partial charge is 0.480 e. The molecule has 84 valence electrons. The van der Waals surface area contributed by atoms with Crippen molar-refractivity contribution < 1.29 is 9.90 Å². The van der Waals surface area contributed by atoms with Crippen LogP contribution in [0.4, 0.5) is 0 Å². The number of nitrogens with two attached hydrogens (primary N) is 2. The summed E-state index contributed by atoms with van der Waals surface area (Å²) >= 11 is 0. The number of hydrogen-bond donors (Lipinski definition) is 4. The van der Waals surface area contributed by atoms with E-state index < -0.39 is 5.97 Å². The molecule has 6 nitrogen and oxygen atoms in total. The number of rotatable bonds is 9. The van der Waals surface area contributed by atoms with Gasteiger partial charge in [-0.1, -0.05) is 0 Å². The fourth-order valence-electron chi connectivity index (χ4n) is 1.11. The summed E-state index contributed by atoms with van der Waals surface area (Å²) in [7, 11) is 0. The Kier molecular flexibility index (Phi) is 8.45. The second kappa shape index (κ2) is 8.89. The maximum Gasteiger partial charge on any atom is 0.317 e. The molecule has 6 N–H and O–H groups in total. The lowest BCUT2D eigenvalue weighted by molar-refractivity contribution is -0.138. The standard InChI is InChI=1S/C8H20N4O2/c9-1-3-11-4-6-12(5-2-10)7-8(13)14/h11H,1-7,9-10H2,(H,13,14). The number of nitrogens with zero attached hydrogens (tertiary/aromatic N) is 1. The van der Waals surface area contributed by atoms with Crippen molar-refractivity contribution in [2.45, 2.75) is 0 Å². The Balaban J connectivity index is 3.56. The van der Waals surface area contributed by atoms with Gasteiger partial charge in [0.05, 0.1) is 6.54 Å². The van der Waals surface area contributed by atoms with Gasteiger partial charge in [-0.2, -0.15) is 0 Å². The predicted octanol–water partition coefficient (Wildman–Crippen LogP) is -2.12. The molecule has 0 aromatic heterocycles. The minimum atomic E-state index is -0.822. The molecule has 14 heavy (non-hydrogen) atoms. The molecule has 0 unspecified atom stereocenters. The van der Waals surface area contributed by atoms with Crippen molar-refractivity contribution in [1.29, 1.82) is 0 Å². The number of hydrogen-bond acceptors (Lipinski definition) is 5. The average Bonchev–Trinajstić information content (AvgIpc) is 2.12. The van der Waals surface area contributed by atoms with Crippen molar-refractivity contribution in [3.63, 3.8) is 0 Å². The first-order chi connectivity index (χ1) is 6.70. The summed E-state index contributed by atoms with van der Waals surface area (Å²) in [6, 6.07) is 0. The zero-order chi connectivity index (χ0) is 10.8. The first-order valence-electron chi connectivity index (χ1n) is 4.75. The Labute approximate surface area is 84.2 Å². The van der Waals surface area contributed by atoms with Gasteiger partial charge in [0, 0.05) is 39.3 Å². The molecule has 0 bridgehead atoms. The first-order valence-corrected chi connectivity index (χ1v) is 4.75. The summed E-state index contributed by atoms with van der Waals surface area (Å²) in [5.41, 5.74) is 10.7. The van der Waals surface area contributed by atoms with E-state index in [0.717, 1.165) is 13.1 Å². The van der Waals surface area contributed by atoms with Gasteiger partial charge in [0.25, 0.3) is 0 Å². The summed E-state index contributed by atoms with van der Waals surface area (Å²) in [5, 5.41) is 11.7. The topological polar surface area (TPSA) is 105 Å². The van der Waals surface area contributed by atoms with Crippen LogP contribution in [0, 0.1) is 0 Å². The molecule has 0 aliphatic carbocycles. The SMILES string of the molecule is NCCNCCN(CCN)CC(=O)O. The Morgan fingerprint density at radius 1 is 1.21 bits per heavy atom. The summed E-state index contributed by atoms with van der Waals surface area (Å²) in [5.74, 6) is -0.822. The maximum absolute atomic E-state index is 10.5. The molecule has 0 radical (unpaired) electrons. The Morgan fingerprint density at radius 3 is 2.43 bits per heavy atom. The lowest BCUT2D eigenvalue weighted by Gasteiger charge is -2.19. The van der Waals surface area contributed by atoms with Gasteiger partial charge < -0.3 is 21.9 Å². The molecular weight excluding hydrogens is 184 g/mol. The third-order valence-electron chi connectivity index (χ3n) is 1.73. The normalized spacial score (nSPS) is 10.8. The molecule has 0 saturated carbocycles. The van der Waals surface area contributed by atoms with Crippen molar-refractivity contribution in [3.05, 3.63) is 0 Å². The number of carbonyl (C=O) groups is 1. The van der Waals surface area contributed by atoms with E-state index in [4.69, 9.17) is 16.6 Å². The van der Waals surface area contributed by atoms with Crippen LogP contribution in [0.1, 0.15) is 0 Å². The van der Waals surface area contributed by atoms with E-state index in [2.05, 4.69) is 5.32 Å². The van der Waals surface area contributed by atoms with Crippen LogP contribution in [-0.2, 0) is 4.79 Å². The first kappa shape index (κ1) is 13.3. The lowest BCUT2D eigenvalue weighted by Crippen LogP contribution is -2.39. The highest BCUT2D eigenvalue weighted by molar-refractivity contribution is 5.69. The van der Waals surface area contributed by atoms with Crippen molar-refractivity contribution >= 4 is 5.97 Å². The third kappa shape index (κ3) is 7.93. The van der Waals surface area contributed by atoms with Crippen molar-refractivity contribution in [1.82, 2.24) is 10.2 Å². The van der Waals surface area contributed by atoms with Crippen LogP contribution in [0.5, 0.6) is 0 Å². The molecule has 0 rings (SSSR count). The lowest BCUT2D eigenvalue weighted by atomic mass is 10.4. The van der Waals surface area contributed by atoms with Crippen LogP contribution in [0.2, 0.25) is 0 Å². The van der Waals surface area contributed by atoms with E-state index in [-0.39, 0.29) is 6.54 Å². The minimum absolute atomic E-state index is 0.0432. The molecule has 0 aromatic carbocycles. The second-order valence-electron chi connectivity index (χ2n) is 3.00. The molecule has 0 fully saturated rings. The maximum atomic E-state index is 10.5. The Bertz CT molecular complexity index is 154. The highest BCUT2D eigenvalue weighted by Gasteiger charge is 2.07. The van der Waals surface area contributed by atoms with Crippen LogP contribution in [0.15, 0.2) is 0 Å². The van der Waals surface area contributed by atoms with Gasteiger partial charge >= 0.3 is 5.97 Å². The fraction of sp³-hybridized carbons (Fsp3) is 0.875. The Morgan fingerprint density at radius 2 is 1.93 bits per heavy atom. The molecule has 0 heterocycles. The van der Waals surface area contributed by atoms with Gasteiger partial charge in [-0.25, -0.2) is 0 Å². The molecule has 0 amide bonds. The van der Waals surface area contributed by atoms with E-state index in [1.54, 1.807) is 4.90 Å². The predicted molar refractivity (Wildman–Crippen MR) is 55.1 cm³/mol. The zero-order valence-electron chi connectivity index (χ0n) is 8.41. The van der Waals surface area contributed by atoms with Gasteiger partial charge in [-0.3, -0.25) is 9.69 Å². The van der Waals surface area contributed by atoms with E-state index in [1.165, 1.54) is 0 Å². The molecule has 0 aliphatic rings. The Hall–Kier alpha value is -0.690. The highest BCUT2D eigenvalue weighted by Crippen LogP contribution is 1.85.